The van der Waals surface area contributed by atoms with Gasteiger partial charge < -0.3 is 15.5 Å². The van der Waals surface area contributed by atoms with E-state index in [1.807, 2.05) is 31.3 Å². The standard InChI is InChI=1S/C15H23N3O/c1-16-13-8-6-12(7-9-13)15(19)17-11-14-5-3-4-10-18(14)2/h6-9,14,16H,3-5,10-11H2,1-2H3,(H,17,19). The van der Waals surface area contributed by atoms with Crippen LogP contribution in [-0.4, -0.2) is 44.0 Å². The molecule has 1 amide bonds. The molecule has 1 aromatic rings. The maximum Gasteiger partial charge on any atom is 0.251 e. The van der Waals surface area contributed by atoms with Crippen molar-refractivity contribution in [2.75, 3.05) is 32.5 Å². The van der Waals surface area contributed by atoms with Gasteiger partial charge in [-0.3, -0.25) is 4.79 Å². The summed E-state index contributed by atoms with van der Waals surface area (Å²) in [4.78, 5) is 14.4. The van der Waals surface area contributed by atoms with Gasteiger partial charge in [-0.1, -0.05) is 6.42 Å². The first-order valence-electron chi connectivity index (χ1n) is 6.97. The Morgan fingerprint density at radius 2 is 2.05 bits per heavy atom. The summed E-state index contributed by atoms with van der Waals surface area (Å²) >= 11 is 0. The summed E-state index contributed by atoms with van der Waals surface area (Å²) in [6.45, 7) is 1.88. The molecule has 19 heavy (non-hydrogen) atoms. The number of amides is 1. The van der Waals surface area contributed by atoms with Crippen LogP contribution >= 0.6 is 0 Å². The molecule has 104 valence electrons. The van der Waals surface area contributed by atoms with Gasteiger partial charge in [0.2, 0.25) is 0 Å². The number of benzene rings is 1. The number of likely N-dealkylation sites (N-methyl/N-ethyl adjacent to an activating group) is 1. The third kappa shape index (κ3) is 3.70. The monoisotopic (exact) mass is 261 g/mol. The zero-order valence-electron chi connectivity index (χ0n) is 11.8. The van der Waals surface area contributed by atoms with E-state index in [1.165, 1.54) is 19.3 Å². The maximum atomic E-state index is 12.0. The highest BCUT2D eigenvalue weighted by Gasteiger charge is 2.19. The van der Waals surface area contributed by atoms with Gasteiger partial charge in [0.1, 0.15) is 0 Å². The lowest BCUT2D eigenvalue weighted by molar-refractivity contribution is 0.0928. The molecule has 4 nitrogen and oxygen atoms in total. The SMILES string of the molecule is CNc1ccc(C(=O)NCC2CCCCN2C)cc1. The van der Waals surface area contributed by atoms with Gasteiger partial charge in [-0.2, -0.15) is 0 Å². The van der Waals surface area contributed by atoms with Crippen LogP contribution in [0.1, 0.15) is 29.6 Å². The Hall–Kier alpha value is -1.55. The third-order valence-corrected chi connectivity index (χ3v) is 3.86. The summed E-state index contributed by atoms with van der Waals surface area (Å²) in [7, 11) is 4.01. The van der Waals surface area contributed by atoms with E-state index in [4.69, 9.17) is 0 Å². The number of anilines is 1. The fourth-order valence-electron chi connectivity index (χ4n) is 2.50. The van der Waals surface area contributed by atoms with E-state index >= 15 is 0 Å². The van der Waals surface area contributed by atoms with E-state index in [-0.39, 0.29) is 5.91 Å². The fraction of sp³-hybridized carbons (Fsp3) is 0.533. The van der Waals surface area contributed by atoms with Crippen molar-refractivity contribution in [1.82, 2.24) is 10.2 Å². The Bertz CT molecular complexity index is 416. The highest BCUT2D eigenvalue weighted by atomic mass is 16.1. The zero-order chi connectivity index (χ0) is 13.7. The average molecular weight is 261 g/mol. The predicted molar refractivity (Wildman–Crippen MR) is 78.6 cm³/mol. The van der Waals surface area contributed by atoms with E-state index < -0.39 is 0 Å². The van der Waals surface area contributed by atoms with Crippen molar-refractivity contribution in [2.45, 2.75) is 25.3 Å². The first-order chi connectivity index (χ1) is 9.20. The first-order valence-corrected chi connectivity index (χ1v) is 6.97. The summed E-state index contributed by atoms with van der Waals surface area (Å²) in [5, 5.41) is 6.08. The van der Waals surface area contributed by atoms with E-state index in [1.54, 1.807) is 0 Å². The van der Waals surface area contributed by atoms with Crippen LogP contribution in [-0.2, 0) is 0 Å². The number of hydrogen-bond acceptors (Lipinski definition) is 3. The molecule has 1 atom stereocenters. The quantitative estimate of drug-likeness (QED) is 0.870. The van der Waals surface area contributed by atoms with Gasteiger partial charge in [0.05, 0.1) is 0 Å². The molecular formula is C15H23N3O. The highest BCUT2D eigenvalue weighted by molar-refractivity contribution is 5.94. The van der Waals surface area contributed by atoms with Gasteiger partial charge in [0, 0.05) is 30.9 Å². The Balaban J connectivity index is 1.86. The molecule has 0 aliphatic carbocycles. The molecule has 1 saturated heterocycles. The third-order valence-electron chi connectivity index (χ3n) is 3.86. The van der Waals surface area contributed by atoms with Gasteiger partial charge in [0.25, 0.3) is 5.91 Å². The number of rotatable bonds is 4. The molecule has 0 saturated carbocycles. The van der Waals surface area contributed by atoms with Crippen LogP contribution in [0.2, 0.25) is 0 Å². The lowest BCUT2D eigenvalue weighted by Crippen LogP contribution is -2.44. The van der Waals surface area contributed by atoms with E-state index in [0.29, 0.717) is 6.04 Å². The number of nitrogens with zero attached hydrogens (tertiary/aromatic N) is 1. The minimum absolute atomic E-state index is 0.0154. The fourth-order valence-corrected chi connectivity index (χ4v) is 2.50. The van der Waals surface area contributed by atoms with Crippen molar-refractivity contribution in [3.63, 3.8) is 0 Å². The summed E-state index contributed by atoms with van der Waals surface area (Å²) < 4.78 is 0. The van der Waals surface area contributed by atoms with Crippen molar-refractivity contribution in [2.24, 2.45) is 0 Å². The minimum Gasteiger partial charge on any atom is -0.388 e. The largest absolute Gasteiger partial charge is 0.388 e. The van der Waals surface area contributed by atoms with Crippen molar-refractivity contribution in [3.8, 4) is 0 Å². The molecule has 2 N–H and O–H groups in total. The van der Waals surface area contributed by atoms with Crippen LogP contribution in [0.25, 0.3) is 0 Å². The average Bonchev–Trinajstić information content (AvgIpc) is 2.46. The molecule has 4 heteroatoms. The Kier molecular flexibility index (Phi) is 4.80. The Morgan fingerprint density at radius 3 is 2.68 bits per heavy atom. The number of nitrogens with one attached hydrogen (secondary N) is 2. The number of piperidine rings is 1. The van der Waals surface area contributed by atoms with Crippen LogP contribution < -0.4 is 10.6 Å². The number of carbonyl (C=O) groups is 1. The van der Waals surface area contributed by atoms with Crippen LogP contribution in [0.5, 0.6) is 0 Å². The summed E-state index contributed by atoms with van der Waals surface area (Å²) in [6, 6.07) is 8.02. The van der Waals surface area contributed by atoms with Crippen molar-refractivity contribution in [1.29, 1.82) is 0 Å². The second-order valence-electron chi connectivity index (χ2n) is 5.17. The van der Waals surface area contributed by atoms with Crippen LogP contribution in [0.4, 0.5) is 5.69 Å². The molecule has 2 rings (SSSR count). The van der Waals surface area contributed by atoms with E-state index in [2.05, 4.69) is 22.6 Å². The molecule has 1 aliphatic heterocycles. The second-order valence-corrected chi connectivity index (χ2v) is 5.17. The number of likely N-dealkylation sites (tertiary alicyclic amines) is 1. The van der Waals surface area contributed by atoms with E-state index in [0.717, 1.165) is 24.3 Å². The Labute approximate surface area is 115 Å². The molecule has 0 bridgehead atoms. The van der Waals surface area contributed by atoms with Crippen molar-refractivity contribution < 1.29 is 4.79 Å². The van der Waals surface area contributed by atoms with Crippen molar-refractivity contribution >= 4 is 11.6 Å². The summed E-state index contributed by atoms with van der Waals surface area (Å²) in [5.41, 5.74) is 1.74. The molecule has 1 aliphatic rings. The normalized spacial score (nSPS) is 20.0. The molecule has 0 aromatic heterocycles. The van der Waals surface area contributed by atoms with Crippen LogP contribution in [0.15, 0.2) is 24.3 Å². The molecule has 1 unspecified atom stereocenters. The van der Waals surface area contributed by atoms with E-state index in [9.17, 15) is 4.79 Å². The molecule has 1 aromatic carbocycles. The van der Waals surface area contributed by atoms with Gasteiger partial charge in [-0.05, 0) is 50.7 Å². The zero-order valence-corrected chi connectivity index (χ0v) is 11.8. The topological polar surface area (TPSA) is 44.4 Å². The number of carbonyl (C=O) groups excluding carboxylic acids is 1. The lowest BCUT2D eigenvalue weighted by atomic mass is 10.0. The number of hydrogen-bond donors (Lipinski definition) is 2. The highest BCUT2D eigenvalue weighted by Crippen LogP contribution is 2.14. The molecule has 1 fully saturated rings. The minimum atomic E-state index is 0.0154. The van der Waals surface area contributed by atoms with Gasteiger partial charge >= 0.3 is 0 Å². The molecule has 1 heterocycles. The van der Waals surface area contributed by atoms with Crippen LogP contribution in [0, 0.1) is 0 Å². The molecule has 0 spiro atoms. The lowest BCUT2D eigenvalue weighted by Gasteiger charge is -2.32. The van der Waals surface area contributed by atoms with Gasteiger partial charge in [0.15, 0.2) is 0 Å². The smallest absolute Gasteiger partial charge is 0.251 e. The predicted octanol–water partition coefficient (Wildman–Crippen LogP) is 1.94. The summed E-state index contributed by atoms with van der Waals surface area (Å²) in [5.74, 6) is 0.0154. The molecular weight excluding hydrogens is 238 g/mol. The summed E-state index contributed by atoms with van der Waals surface area (Å²) in [6.07, 6.45) is 3.71. The first kappa shape index (κ1) is 13.9. The van der Waals surface area contributed by atoms with Gasteiger partial charge in [-0.25, -0.2) is 0 Å². The van der Waals surface area contributed by atoms with Gasteiger partial charge in [-0.15, -0.1) is 0 Å². The second kappa shape index (κ2) is 6.57. The molecule has 0 radical (unpaired) electrons. The van der Waals surface area contributed by atoms with Crippen LogP contribution in [0.3, 0.4) is 0 Å². The maximum absolute atomic E-state index is 12.0. The van der Waals surface area contributed by atoms with Crippen molar-refractivity contribution in [3.05, 3.63) is 29.8 Å². The Morgan fingerprint density at radius 1 is 1.32 bits per heavy atom.